The maximum absolute atomic E-state index is 9.79. The first-order valence-electron chi connectivity index (χ1n) is 3.22. The zero-order valence-corrected chi connectivity index (χ0v) is 6.26. The summed E-state index contributed by atoms with van der Waals surface area (Å²) in [6.45, 7) is 4.76. The van der Waals surface area contributed by atoms with Crippen LogP contribution in [-0.2, 0) is 4.74 Å². The molecule has 0 aromatic rings. The summed E-state index contributed by atoms with van der Waals surface area (Å²) >= 11 is 0. The molecular weight excluding hydrogens is 134 g/mol. The molecule has 0 aromatic carbocycles. The van der Waals surface area contributed by atoms with Crippen molar-refractivity contribution >= 4 is 6.16 Å². The maximum Gasteiger partial charge on any atom is 0.505 e. The average molecular weight is 147 g/mol. The molecule has 0 spiro atoms. The second-order valence-electron chi connectivity index (χ2n) is 2.22. The van der Waals surface area contributed by atoms with Gasteiger partial charge in [-0.25, -0.2) is 4.79 Å². The van der Waals surface area contributed by atoms with Gasteiger partial charge in [0, 0.05) is 12.6 Å². The first-order valence-corrected chi connectivity index (χ1v) is 3.22. The number of hydrogen-bond acceptors (Lipinski definition) is 3. The zero-order chi connectivity index (χ0) is 7.98. The van der Waals surface area contributed by atoms with Crippen molar-refractivity contribution in [1.82, 2.24) is 5.32 Å². The molecule has 0 aliphatic heterocycles. The Labute approximate surface area is 60.2 Å². The first-order chi connectivity index (χ1) is 4.63. The molecule has 4 nitrogen and oxygen atoms in total. The molecule has 2 N–H and O–H groups in total. The number of ether oxygens (including phenoxy) is 1. The van der Waals surface area contributed by atoms with E-state index in [1.54, 1.807) is 0 Å². The lowest BCUT2D eigenvalue weighted by Crippen LogP contribution is -2.27. The van der Waals surface area contributed by atoms with Gasteiger partial charge in [0.05, 0.1) is 0 Å². The van der Waals surface area contributed by atoms with E-state index in [1.807, 2.05) is 13.8 Å². The Morgan fingerprint density at radius 2 is 2.30 bits per heavy atom. The quantitative estimate of drug-likeness (QED) is 0.453. The second-order valence-corrected chi connectivity index (χ2v) is 2.22. The molecule has 0 radical (unpaired) electrons. The Bertz CT molecular complexity index is 103. The zero-order valence-electron chi connectivity index (χ0n) is 6.26. The van der Waals surface area contributed by atoms with Crippen LogP contribution in [0.2, 0.25) is 0 Å². The smallest absolute Gasteiger partial charge is 0.450 e. The summed E-state index contributed by atoms with van der Waals surface area (Å²) in [6.07, 6.45) is -1.22. The van der Waals surface area contributed by atoms with E-state index in [1.165, 1.54) is 0 Å². The summed E-state index contributed by atoms with van der Waals surface area (Å²) in [5, 5.41) is 11.0. The largest absolute Gasteiger partial charge is 0.505 e. The Morgan fingerprint density at radius 3 is 2.70 bits per heavy atom. The van der Waals surface area contributed by atoms with Crippen LogP contribution in [0, 0.1) is 0 Å². The van der Waals surface area contributed by atoms with Crippen LogP contribution in [0.15, 0.2) is 0 Å². The molecule has 10 heavy (non-hydrogen) atoms. The molecule has 0 rings (SSSR count). The predicted molar refractivity (Wildman–Crippen MR) is 37.1 cm³/mol. The average Bonchev–Trinajstić information content (AvgIpc) is 1.79. The van der Waals surface area contributed by atoms with Crippen LogP contribution in [-0.4, -0.2) is 30.5 Å². The van der Waals surface area contributed by atoms with E-state index < -0.39 is 6.16 Å². The van der Waals surface area contributed by atoms with Crippen LogP contribution in [0.25, 0.3) is 0 Å². The fourth-order valence-corrected chi connectivity index (χ4v) is 0.486. The van der Waals surface area contributed by atoms with Gasteiger partial charge in [0.1, 0.15) is 6.61 Å². The minimum Gasteiger partial charge on any atom is -0.450 e. The van der Waals surface area contributed by atoms with Crippen molar-refractivity contribution in [2.45, 2.75) is 19.9 Å². The van der Waals surface area contributed by atoms with E-state index >= 15 is 0 Å². The molecule has 0 amide bonds. The normalized spacial score (nSPS) is 9.90. The van der Waals surface area contributed by atoms with Crippen LogP contribution in [0.4, 0.5) is 4.79 Å². The summed E-state index contributed by atoms with van der Waals surface area (Å²) in [4.78, 5) is 9.79. The van der Waals surface area contributed by atoms with Gasteiger partial charge in [-0.05, 0) is 0 Å². The van der Waals surface area contributed by atoms with Crippen molar-refractivity contribution in [1.29, 1.82) is 0 Å². The van der Waals surface area contributed by atoms with Crippen molar-refractivity contribution in [2.75, 3.05) is 13.2 Å². The third kappa shape index (κ3) is 7.23. The molecule has 0 fully saturated rings. The van der Waals surface area contributed by atoms with E-state index in [-0.39, 0.29) is 6.61 Å². The molecule has 60 valence electrons. The van der Waals surface area contributed by atoms with Crippen LogP contribution in [0.3, 0.4) is 0 Å². The molecule has 0 heterocycles. The van der Waals surface area contributed by atoms with Gasteiger partial charge in [0.25, 0.3) is 0 Å². The highest BCUT2D eigenvalue weighted by molar-refractivity contribution is 5.56. The topological polar surface area (TPSA) is 58.6 Å². The standard InChI is InChI=1S/C6H13NO3/c1-5(2)7-3-4-10-6(8)9/h5,7H,3-4H2,1-2H3,(H,8,9). The predicted octanol–water partition coefficient (Wildman–Crippen LogP) is 0.679. The lowest BCUT2D eigenvalue weighted by molar-refractivity contribution is 0.0919. The Hall–Kier alpha value is -0.770. The van der Waals surface area contributed by atoms with Crippen LogP contribution in [0.5, 0.6) is 0 Å². The Morgan fingerprint density at radius 1 is 1.70 bits per heavy atom. The van der Waals surface area contributed by atoms with Crippen molar-refractivity contribution in [3.63, 3.8) is 0 Å². The minimum atomic E-state index is -1.22. The third-order valence-electron chi connectivity index (χ3n) is 0.880. The lowest BCUT2D eigenvalue weighted by atomic mass is 10.4. The maximum atomic E-state index is 9.79. The number of carbonyl (C=O) groups is 1. The summed E-state index contributed by atoms with van der Waals surface area (Å²) in [7, 11) is 0. The molecule has 0 bridgehead atoms. The first kappa shape index (κ1) is 9.23. The van der Waals surface area contributed by atoms with Crippen LogP contribution >= 0.6 is 0 Å². The second kappa shape index (κ2) is 5.05. The highest BCUT2D eigenvalue weighted by Gasteiger charge is 1.95. The summed E-state index contributed by atoms with van der Waals surface area (Å²) in [6, 6.07) is 0.373. The van der Waals surface area contributed by atoms with Gasteiger partial charge < -0.3 is 15.2 Å². The summed E-state index contributed by atoms with van der Waals surface area (Å²) in [5.41, 5.74) is 0. The van der Waals surface area contributed by atoms with E-state index in [2.05, 4.69) is 10.1 Å². The van der Waals surface area contributed by atoms with Crippen molar-refractivity contribution in [3.05, 3.63) is 0 Å². The molecule has 0 aliphatic carbocycles. The van der Waals surface area contributed by atoms with Crippen LogP contribution < -0.4 is 5.32 Å². The molecule has 0 aromatic heterocycles. The third-order valence-corrected chi connectivity index (χ3v) is 0.880. The summed E-state index contributed by atoms with van der Waals surface area (Å²) < 4.78 is 4.25. The fourth-order valence-electron chi connectivity index (χ4n) is 0.486. The number of rotatable bonds is 4. The van der Waals surface area contributed by atoms with Crippen molar-refractivity contribution in [2.24, 2.45) is 0 Å². The SMILES string of the molecule is CC(C)NCCOC(=O)O. The van der Waals surface area contributed by atoms with Crippen LogP contribution in [0.1, 0.15) is 13.8 Å². The molecule has 0 atom stereocenters. The number of nitrogens with one attached hydrogen (secondary N) is 1. The number of hydrogen-bond donors (Lipinski definition) is 2. The molecule has 0 saturated heterocycles. The Kier molecular flexibility index (Phi) is 4.66. The van der Waals surface area contributed by atoms with E-state index in [0.29, 0.717) is 12.6 Å². The number of carboxylic acid groups (broad SMARTS) is 1. The van der Waals surface area contributed by atoms with Crippen molar-refractivity contribution in [3.8, 4) is 0 Å². The highest BCUT2D eigenvalue weighted by Crippen LogP contribution is 1.77. The molecule has 4 heteroatoms. The summed E-state index contributed by atoms with van der Waals surface area (Å²) in [5.74, 6) is 0. The molecule has 0 saturated carbocycles. The van der Waals surface area contributed by atoms with Gasteiger partial charge in [-0.1, -0.05) is 13.8 Å². The molecule has 0 aliphatic rings. The molecule has 0 unspecified atom stereocenters. The van der Waals surface area contributed by atoms with E-state index in [0.717, 1.165) is 0 Å². The highest BCUT2D eigenvalue weighted by atomic mass is 16.7. The van der Waals surface area contributed by atoms with Crippen molar-refractivity contribution < 1.29 is 14.6 Å². The van der Waals surface area contributed by atoms with Gasteiger partial charge in [-0.2, -0.15) is 0 Å². The lowest BCUT2D eigenvalue weighted by Gasteiger charge is -2.06. The molecular formula is C6H13NO3. The van der Waals surface area contributed by atoms with E-state index in [9.17, 15) is 4.79 Å². The van der Waals surface area contributed by atoms with E-state index in [4.69, 9.17) is 5.11 Å². The Balaban J connectivity index is 2.98. The minimum absolute atomic E-state index is 0.216. The van der Waals surface area contributed by atoms with Gasteiger partial charge in [-0.15, -0.1) is 0 Å². The van der Waals surface area contributed by atoms with Gasteiger partial charge in [-0.3, -0.25) is 0 Å². The monoisotopic (exact) mass is 147 g/mol. The van der Waals surface area contributed by atoms with Gasteiger partial charge >= 0.3 is 6.16 Å². The van der Waals surface area contributed by atoms with Gasteiger partial charge in [0.2, 0.25) is 0 Å². The van der Waals surface area contributed by atoms with Gasteiger partial charge in [0.15, 0.2) is 0 Å². The fraction of sp³-hybridized carbons (Fsp3) is 0.833.